The van der Waals surface area contributed by atoms with Crippen molar-refractivity contribution >= 4 is 80.7 Å². The molecule has 0 bridgehead atoms. The smallest absolute Gasteiger partial charge is 0.303 e. The Kier molecular flexibility index (Phi) is 24.3. The van der Waals surface area contributed by atoms with Crippen LogP contribution in [0.3, 0.4) is 0 Å². The van der Waals surface area contributed by atoms with Crippen molar-refractivity contribution in [3.05, 3.63) is 164 Å². The first kappa shape index (κ1) is 75.5. The third-order valence-corrected chi connectivity index (χ3v) is 18.4. The second-order valence-electron chi connectivity index (χ2n) is 25.2. The summed E-state index contributed by atoms with van der Waals surface area (Å²) < 4.78 is 37.3. The van der Waals surface area contributed by atoms with E-state index in [1.807, 2.05) is 43.6 Å². The number of aryl methyl sites for hydroxylation is 2. The van der Waals surface area contributed by atoms with E-state index >= 15 is 0 Å². The van der Waals surface area contributed by atoms with Crippen molar-refractivity contribution in [2.45, 2.75) is 102 Å². The molecular weight excluding hydrogens is 1360 g/mol. The molecule has 0 radical (unpaired) electrons. The van der Waals surface area contributed by atoms with Crippen molar-refractivity contribution in [2.24, 2.45) is 14.1 Å². The first-order chi connectivity index (χ1) is 50.5. The summed E-state index contributed by atoms with van der Waals surface area (Å²) >= 11 is 0. The Morgan fingerprint density at radius 2 is 0.952 bits per heavy atom. The van der Waals surface area contributed by atoms with Gasteiger partial charge in [0, 0.05) is 107 Å². The van der Waals surface area contributed by atoms with Crippen LogP contribution >= 0.6 is 0 Å². The van der Waals surface area contributed by atoms with Gasteiger partial charge < -0.3 is 52.9 Å². The van der Waals surface area contributed by atoms with Crippen LogP contribution in [0.15, 0.2) is 120 Å². The van der Waals surface area contributed by atoms with E-state index in [0.717, 1.165) is 59.9 Å². The maximum atomic E-state index is 13.3. The molecule has 0 spiro atoms. The van der Waals surface area contributed by atoms with E-state index in [-0.39, 0.29) is 103 Å². The van der Waals surface area contributed by atoms with Crippen LogP contribution in [0.1, 0.15) is 130 Å². The Morgan fingerprint density at radius 3 is 1.35 bits per heavy atom. The van der Waals surface area contributed by atoms with Gasteiger partial charge in [0.25, 0.3) is 34.7 Å². The lowest BCUT2D eigenvalue weighted by molar-refractivity contribution is -0.138. The summed E-state index contributed by atoms with van der Waals surface area (Å²) in [6.45, 7) is 1.40. The third kappa shape index (κ3) is 16.4. The number of benzene rings is 4. The lowest BCUT2D eigenvalue weighted by Gasteiger charge is -2.27. The standard InChI is InChI=1S/C38H39N5O9.C19H21N3O3.C19H20N2O7/c1-41(21-27-30(50-3)17-22(18-31(27)51-4)26-20-42(2)36(47)25-19-39-15-14-23(25)26)33(45)11-6-5-7-16-52-29-10-8-9-24-34(29)38(49)43(37(24)48)28-12-13-32(44)40-35(28)46;1-20-9-15-17(24-3)7-12(8-18(15)25-4)16-11-22(2)19(23)14-10-21-6-5-13(14)16;22-14-9-8-12(17(25)20-14)21-18(26)11-5-4-6-13(16(11)19(21)27)28-10-3-1-2-7-15(23)24/h8-10,14-15,17-20,28H,5-7,11-13,16,21H2,1-4H3,(H,40,44,46);5-8,10-11,20H,9H2,1-4H3;4-6,12H,1-3,7-10H2,(H,23,24)(H,20,22,25). The average molecular weight is 1440 g/mol. The molecule has 4 aromatic carbocycles. The number of imide groups is 4. The van der Waals surface area contributed by atoms with E-state index in [4.69, 9.17) is 33.5 Å². The number of rotatable bonds is 26. The van der Waals surface area contributed by atoms with Gasteiger partial charge in [-0.05, 0) is 141 Å². The topological polar surface area (TPSA) is 362 Å². The quantitative estimate of drug-likeness (QED) is 0.0311. The Morgan fingerprint density at radius 1 is 0.533 bits per heavy atom. The van der Waals surface area contributed by atoms with Crippen molar-refractivity contribution in [1.82, 2.24) is 49.8 Å². The zero-order chi connectivity index (χ0) is 75.3. The molecule has 9 amide bonds. The zero-order valence-electron chi connectivity index (χ0n) is 59.3. The van der Waals surface area contributed by atoms with Crippen molar-refractivity contribution in [3.8, 4) is 56.8 Å². The predicted octanol–water partition coefficient (Wildman–Crippen LogP) is 7.07. The number of hydrogen-bond acceptors (Lipinski definition) is 21. The minimum Gasteiger partial charge on any atom is -0.496 e. The lowest BCUT2D eigenvalue weighted by Crippen LogP contribution is -2.54. The summed E-state index contributed by atoms with van der Waals surface area (Å²) in [6.07, 6.45) is 14.4. The maximum absolute atomic E-state index is 13.3. The van der Waals surface area contributed by atoms with Crippen LogP contribution in [0.5, 0.6) is 34.5 Å². The van der Waals surface area contributed by atoms with E-state index in [9.17, 15) is 57.5 Å². The highest BCUT2D eigenvalue weighted by atomic mass is 16.5. The number of methoxy groups -OCH3 is 4. The molecule has 8 aromatic rings. The van der Waals surface area contributed by atoms with Gasteiger partial charge in [0.1, 0.15) is 46.6 Å². The van der Waals surface area contributed by atoms with Crippen molar-refractivity contribution in [2.75, 3.05) is 55.7 Å². The molecule has 4 N–H and O–H groups in total. The molecule has 0 saturated carbocycles. The molecule has 548 valence electrons. The maximum Gasteiger partial charge on any atom is 0.303 e. The lowest BCUT2D eigenvalue weighted by atomic mass is 9.99. The van der Waals surface area contributed by atoms with Gasteiger partial charge in [0.15, 0.2) is 0 Å². The highest BCUT2D eigenvalue weighted by Gasteiger charge is 2.48. The third-order valence-electron chi connectivity index (χ3n) is 18.4. The van der Waals surface area contributed by atoms with Crippen LogP contribution < -0.4 is 55.5 Å². The summed E-state index contributed by atoms with van der Waals surface area (Å²) in [6, 6.07) is 18.7. The van der Waals surface area contributed by atoms with Gasteiger partial charge >= 0.3 is 5.97 Å². The molecule has 4 aliphatic rings. The average Bonchev–Trinajstić information content (AvgIpc) is 1.45. The number of aliphatic carboxylic acids is 1. The summed E-state index contributed by atoms with van der Waals surface area (Å²) in [5.74, 6) is -2.48. The van der Waals surface area contributed by atoms with Crippen LogP contribution in [0, 0.1) is 0 Å². The highest BCUT2D eigenvalue weighted by Crippen LogP contribution is 2.41. The van der Waals surface area contributed by atoms with Gasteiger partial charge in [-0.15, -0.1) is 0 Å². The number of nitrogens with zero attached hydrogens (tertiary/aromatic N) is 7. The van der Waals surface area contributed by atoms with Crippen LogP contribution in [-0.2, 0) is 56.0 Å². The number of carbonyl (C=O) groups is 10. The van der Waals surface area contributed by atoms with Gasteiger partial charge in [-0.25, -0.2) is 0 Å². The number of pyridine rings is 4. The number of amides is 9. The minimum absolute atomic E-state index is 0.0384. The Labute approximate surface area is 602 Å². The Hall–Kier alpha value is -12.1. The summed E-state index contributed by atoms with van der Waals surface area (Å²) in [5, 5.41) is 18.8. The normalized spacial score (nSPS) is 15.3. The van der Waals surface area contributed by atoms with Gasteiger partial charge in [0.05, 0.1) is 86.8 Å². The molecule has 29 nitrogen and oxygen atoms in total. The number of piperidine rings is 2. The second kappa shape index (κ2) is 33.8. The SMILES string of the molecule is CNCc1c(OC)cc(-c2cn(C)c(=O)c3cnccc23)cc1OC.COc1cc(-c2cn(C)c(=O)c3cnccc23)cc(OC)c1CN(C)C(=O)CCCCCOc1cccc2c1C(=O)N(C1CCC(=O)NC1=O)C2=O.O=C(O)CCCCCOc1cccc2c1C(=O)N(C1CCC(=O)NC1=O)C2=O. The molecule has 12 rings (SSSR count). The van der Waals surface area contributed by atoms with E-state index in [2.05, 4.69) is 25.9 Å². The molecule has 2 atom stereocenters. The van der Waals surface area contributed by atoms with Gasteiger partial charge in [-0.1, -0.05) is 12.1 Å². The summed E-state index contributed by atoms with van der Waals surface area (Å²) in [4.78, 5) is 160. The molecule has 2 unspecified atom stereocenters. The van der Waals surface area contributed by atoms with Crippen molar-refractivity contribution in [1.29, 1.82) is 0 Å². The summed E-state index contributed by atoms with van der Waals surface area (Å²) in [5.41, 5.74) is 5.40. The van der Waals surface area contributed by atoms with Crippen LogP contribution in [0.2, 0.25) is 0 Å². The number of aromatic nitrogens is 4. The number of carbonyl (C=O) groups excluding carboxylic acids is 9. The number of carboxylic acids is 1. The Bertz CT molecular complexity index is 4840. The number of ether oxygens (including phenoxy) is 6. The molecule has 0 aliphatic carbocycles. The molecule has 2 saturated heterocycles. The fraction of sp³-hybridized carbons (Fsp3) is 0.342. The first-order valence-electron chi connectivity index (χ1n) is 34.0. The molecule has 29 heteroatoms. The number of hydrogen-bond donors (Lipinski definition) is 4. The molecular formula is C76H80N10O19. The largest absolute Gasteiger partial charge is 0.496 e. The number of nitrogens with one attached hydrogen (secondary N) is 3. The predicted molar refractivity (Wildman–Crippen MR) is 382 cm³/mol. The number of fused-ring (bicyclic) bond motifs is 4. The van der Waals surface area contributed by atoms with E-state index in [1.165, 1.54) is 16.7 Å². The second-order valence-corrected chi connectivity index (χ2v) is 25.2. The van der Waals surface area contributed by atoms with E-state index < -0.39 is 65.3 Å². The van der Waals surface area contributed by atoms with E-state index in [0.29, 0.717) is 79.3 Å². The molecule has 4 aliphatic heterocycles. The molecule has 105 heavy (non-hydrogen) atoms. The summed E-state index contributed by atoms with van der Waals surface area (Å²) in [7, 11) is 13.4. The molecule has 2 fully saturated rings. The van der Waals surface area contributed by atoms with Crippen LogP contribution in [0.4, 0.5) is 0 Å². The van der Waals surface area contributed by atoms with Crippen molar-refractivity contribution in [3.63, 3.8) is 0 Å². The van der Waals surface area contributed by atoms with Crippen LogP contribution in [0.25, 0.3) is 43.8 Å². The fourth-order valence-corrected chi connectivity index (χ4v) is 13.1. The monoisotopic (exact) mass is 1440 g/mol. The number of carboxylic acid groups (broad SMARTS) is 1. The fourth-order valence-electron chi connectivity index (χ4n) is 13.1. The van der Waals surface area contributed by atoms with Gasteiger partial charge in [-0.2, -0.15) is 0 Å². The Balaban J connectivity index is 0.000000187. The highest BCUT2D eigenvalue weighted by molar-refractivity contribution is 6.25. The molecule has 4 aromatic heterocycles. The minimum atomic E-state index is -1.05. The number of unbranched alkanes of at least 4 members (excludes halogenated alkanes) is 4. The van der Waals surface area contributed by atoms with Gasteiger partial charge in [-0.3, -0.25) is 87.9 Å². The zero-order valence-corrected chi connectivity index (χ0v) is 59.3. The van der Waals surface area contributed by atoms with Crippen molar-refractivity contribution < 1.29 is 81.5 Å². The van der Waals surface area contributed by atoms with Crippen LogP contribution in [-0.4, -0.2) is 166 Å². The first-order valence-corrected chi connectivity index (χ1v) is 34.0. The molecule has 8 heterocycles. The van der Waals surface area contributed by atoms with E-state index in [1.54, 1.807) is 120 Å². The van der Waals surface area contributed by atoms with Gasteiger partial charge in [0.2, 0.25) is 29.5 Å².